The number of hydrogen-bond acceptors (Lipinski definition) is 4. The Hall–Kier alpha value is -0.610. The van der Waals surface area contributed by atoms with Crippen LogP contribution < -0.4 is 5.32 Å². The Kier molecular flexibility index (Phi) is 14.2. The molecular weight excluding hydrogens is 435 g/mol. The summed E-state index contributed by atoms with van der Waals surface area (Å²) in [5.41, 5.74) is 0. The largest absolute Gasteiger partial charge is 0.382 e. The number of aliphatic imine (C=N–C) groups is 1. The zero-order valence-corrected chi connectivity index (χ0v) is 18.5. The molecule has 0 bridgehead atoms. The van der Waals surface area contributed by atoms with Crippen molar-refractivity contribution in [1.82, 2.24) is 15.1 Å². The fourth-order valence-corrected chi connectivity index (χ4v) is 1.96. The fraction of sp³-hybridized carbons (Fsp3) is 0.882. The number of carbonyl (C=O) groups excluding carboxylic acids is 1. The average molecular weight is 470 g/mol. The first-order valence-corrected chi connectivity index (χ1v) is 8.89. The highest BCUT2D eigenvalue weighted by Gasteiger charge is 2.21. The van der Waals surface area contributed by atoms with Crippen molar-refractivity contribution in [2.45, 2.75) is 26.2 Å². The van der Waals surface area contributed by atoms with Gasteiger partial charge in [-0.05, 0) is 32.1 Å². The molecular formula is C17H35IN4O3. The molecule has 148 valence electrons. The summed E-state index contributed by atoms with van der Waals surface area (Å²) >= 11 is 0. The SMILES string of the molecule is CCOCCCNC(=NCC(=O)N(C)C)N(C)CCOCC1CC1.I. The van der Waals surface area contributed by atoms with Crippen molar-refractivity contribution in [3.05, 3.63) is 0 Å². The molecule has 8 heteroatoms. The molecule has 25 heavy (non-hydrogen) atoms. The molecule has 0 aromatic rings. The number of rotatable bonds is 12. The second-order valence-corrected chi connectivity index (χ2v) is 6.35. The predicted molar refractivity (Wildman–Crippen MR) is 112 cm³/mol. The molecule has 1 rings (SSSR count). The molecule has 0 aliphatic heterocycles. The van der Waals surface area contributed by atoms with Crippen molar-refractivity contribution in [3.8, 4) is 0 Å². The van der Waals surface area contributed by atoms with Crippen molar-refractivity contribution >= 4 is 35.8 Å². The van der Waals surface area contributed by atoms with Crippen LogP contribution in [0, 0.1) is 5.92 Å². The van der Waals surface area contributed by atoms with E-state index in [-0.39, 0.29) is 36.4 Å². The number of guanidine groups is 1. The van der Waals surface area contributed by atoms with Gasteiger partial charge in [0.25, 0.3) is 0 Å². The summed E-state index contributed by atoms with van der Waals surface area (Å²) in [6.45, 7) is 6.65. The Morgan fingerprint density at radius 1 is 1.20 bits per heavy atom. The van der Waals surface area contributed by atoms with Gasteiger partial charge < -0.3 is 24.6 Å². The molecule has 1 saturated carbocycles. The number of carbonyl (C=O) groups is 1. The Morgan fingerprint density at radius 3 is 2.52 bits per heavy atom. The van der Waals surface area contributed by atoms with E-state index >= 15 is 0 Å². The van der Waals surface area contributed by atoms with Gasteiger partial charge in [0.15, 0.2) is 5.96 Å². The lowest BCUT2D eigenvalue weighted by molar-refractivity contribution is -0.127. The fourth-order valence-electron chi connectivity index (χ4n) is 1.96. The van der Waals surface area contributed by atoms with Crippen molar-refractivity contribution < 1.29 is 14.3 Å². The summed E-state index contributed by atoms with van der Waals surface area (Å²) in [7, 11) is 5.44. The lowest BCUT2D eigenvalue weighted by Gasteiger charge is -2.22. The van der Waals surface area contributed by atoms with Crippen LogP contribution in [-0.2, 0) is 14.3 Å². The normalized spacial score (nSPS) is 14.0. The van der Waals surface area contributed by atoms with Crippen LogP contribution in [0.3, 0.4) is 0 Å². The van der Waals surface area contributed by atoms with Gasteiger partial charge in [-0.2, -0.15) is 0 Å². The van der Waals surface area contributed by atoms with Gasteiger partial charge in [0.05, 0.1) is 6.61 Å². The maximum Gasteiger partial charge on any atom is 0.243 e. The Bertz CT molecular complexity index is 390. The van der Waals surface area contributed by atoms with Crippen LogP contribution in [0.4, 0.5) is 0 Å². The number of amides is 1. The molecule has 0 heterocycles. The molecule has 1 amide bonds. The molecule has 7 nitrogen and oxygen atoms in total. The van der Waals surface area contributed by atoms with Crippen LogP contribution in [0.15, 0.2) is 4.99 Å². The second kappa shape index (κ2) is 14.5. The van der Waals surface area contributed by atoms with E-state index in [1.807, 2.05) is 18.9 Å². The molecule has 1 aliphatic carbocycles. The van der Waals surface area contributed by atoms with Gasteiger partial charge in [-0.15, -0.1) is 24.0 Å². The molecule has 1 fully saturated rings. The monoisotopic (exact) mass is 470 g/mol. The average Bonchev–Trinajstić information content (AvgIpc) is 3.37. The van der Waals surface area contributed by atoms with Crippen molar-refractivity contribution in [1.29, 1.82) is 0 Å². The summed E-state index contributed by atoms with van der Waals surface area (Å²) in [6.07, 6.45) is 3.51. The van der Waals surface area contributed by atoms with Gasteiger partial charge in [0, 0.05) is 54.1 Å². The first-order chi connectivity index (χ1) is 11.5. The van der Waals surface area contributed by atoms with E-state index < -0.39 is 0 Å². The van der Waals surface area contributed by atoms with E-state index in [0.717, 1.165) is 51.2 Å². The molecule has 1 N–H and O–H groups in total. The number of hydrogen-bond donors (Lipinski definition) is 1. The Morgan fingerprint density at radius 2 is 1.92 bits per heavy atom. The van der Waals surface area contributed by atoms with Crippen molar-refractivity contribution in [2.24, 2.45) is 10.9 Å². The maximum atomic E-state index is 11.8. The van der Waals surface area contributed by atoms with Crippen LogP contribution in [0.2, 0.25) is 0 Å². The molecule has 0 spiro atoms. The van der Waals surface area contributed by atoms with Gasteiger partial charge in [-0.1, -0.05) is 0 Å². The molecule has 0 unspecified atom stereocenters. The van der Waals surface area contributed by atoms with E-state index in [4.69, 9.17) is 9.47 Å². The third-order valence-electron chi connectivity index (χ3n) is 3.80. The predicted octanol–water partition coefficient (Wildman–Crippen LogP) is 1.42. The summed E-state index contributed by atoms with van der Waals surface area (Å²) < 4.78 is 11.0. The highest BCUT2D eigenvalue weighted by Crippen LogP contribution is 2.28. The van der Waals surface area contributed by atoms with Gasteiger partial charge in [-0.3, -0.25) is 4.79 Å². The standard InChI is InChI=1S/C17H34N4O3.HI/c1-5-23-11-6-9-18-17(19-13-16(22)20(2)3)21(4)10-12-24-14-15-7-8-15;/h15H,5-14H2,1-4H3,(H,18,19);1H. The molecule has 0 aromatic heterocycles. The molecule has 0 saturated heterocycles. The van der Waals surface area contributed by atoms with Crippen LogP contribution in [0.1, 0.15) is 26.2 Å². The summed E-state index contributed by atoms with van der Waals surface area (Å²) in [4.78, 5) is 19.7. The highest BCUT2D eigenvalue weighted by molar-refractivity contribution is 14.0. The van der Waals surface area contributed by atoms with Gasteiger partial charge in [0.2, 0.25) is 5.91 Å². The highest BCUT2D eigenvalue weighted by atomic mass is 127. The second-order valence-electron chi connectivity index (χ2n) is 6.35. The summed E-state index contributed by atoms with van der Waals surface area (Å²) in [6, 6.07) is 0. The van der Waals surface area contributed by atoms with Crippen molar-refractivity contribution in [2.75, 3.05) is 67.2 Å². The van der Waals surface area contributed by atoms with E-state index in [1.54, 1.807) is 19.0 Å². The molecule has 0 radical (unpaired) electrons. The molecule has 0 atom stereocenters. The first-order valence-electron chi connectivity index (χ1n) is 8.89. The quantitative estimate of drug-likeness (QED) is 0.202. The minimum atomic E-state index is -0.0120. The molecule has 0 aromatic carbocycles. The minimum Gasteiger partial charge on any atom is -0.382 e. The van der Waals surface area contributed by atoms with E-state index in [9.17, 15) is 4.79 Å². The first kappa shape index (κ1) is 24.4. The lowest BCUT2D eigenvalue weighted by Crippen LogP contribution is -2.42. The Labute approximate surface area is 169 Å². The van der Waals surface area contributed by atoms with Crippen LogP contribution in [-0.4, -0.2) is 88.9 Å². The summed E-state index contributed by atoms with van der Waals surface area (Å²) in [5.74, 6) is 1.50. The number of nitrogens with one attached hydrogen (secondary N) is 1. The van der Waals surface area contributed by atoms with Gasteiger partial charge in [-0.25, -0.2) is 4.99 Å². The van der Waals surface area contributed by atoms with Crippen molar-refractivity contribution in [3.63, 3.8) is 0 Å². The molecule has 1 aliphatic rings. The van der Waals surface area contributed by atoms with E-state index in [1.165, 1.54) is 12.8 Å². The summed E-state index contributed by atoms with van der Waals surface area (Å²) in [5, 5.41) is 3.30. The third kappa shape index (κ3) is 12.4. The van der Waals surface area contributed by atoms with Crippen LogP contribution in [0.25, 0.3) is 0 Å². The third-order valence-corrected chi connectivity index (χ3v) is 3.80. The maximum absolute atomic E-state index is 11.8. The van der Waals surface area contributed by atoms with E-state index in [0.29, 0.717) is 6.61 Å². The van der Waals surface area contributed by atoms with Gasteiger partial charge >= 0.3 is 0 Å². The number of halogens is 1. The lowest BCUT2D eigenvalue weighted by atomic mass is 10.4. The zero-order valence-electron chi connectivity index (χ0n) is 16.1. The number of nitrogens with zero attached hydrogens (tertiary/aromatic N) is 3. The zero-order chi connectivity index (χ0) is 17.8. The number of ether oxygens (including phenoxy) is 2. The smallest absolute Gasteiger partial charge is 0.243 e. The van der Waals surface area contributed by atoms with Gasteiger partial charge in [0.1, 0.15) is 6.54 Å². The topological polar surface area (TPSA) is 66.4 Å². The number of likely N-dealkylation sites (N-methyl/N-ethyl adjacent to an activating group) is 2. The Balaban J connectivity index is 0.00000576. The van der Waals surface area contributed by atoms with Crippen LogP contribution in [0.5, 0.6) is 0 Å². The minimum absolute atomic E-state index is 0. The van der Waals surface area contributed by atoms with Crippen LogP contribution >= 0.6 is 24.0 Å². The van der Waals surface area contributed by atoms with E-state index in [2.05, 4.69) is 10.3 Å².